The van der Waals surface area contributed by atoms with Gasteiger partial charge < -0.3 is 16.3 Å². The minimum absolute atomic E-state index is 0. The summed E-state index contributed by atoms with van der Waals surface area (Å²) in [5.74, 6) is 0.465. The van der Waals surface area contributed by atoms with Crippen LogP contribution in [0.4, 0.5) is 5.82 Å². The fourth-order valence-corrected chi connectivity index (χ4v) is 0.875. The van der Waals surface area contributed by atoms with E-state index in [0.29, 0.717) is 11.5 Å². The van der Waals surface area contributed by atoms with E-state index in [1.807, 2.05) is 10.6 Å². The highest BCUT2D eigenvalue weighted by Crippen LogP contribution is 2.04. The minimum Gasteiger partial charge on any atom is -0.381 e. The van der Waals surface area contributed by atoms with Crippen LogP contribution in [0.1, 0.15) is 0 Å². The molecule has 0 aliphatic heterocycles. The van der Waals surface area contributed by atoms with Crippen LogP contribution >= 0.6 is 0 Å². The van der Waals surface area contributed by atoms with E-state index in [0.717, 1.165) is 0 Å². The van der Waals surface area contributed by atoms with E-state index >= 15 is 0 Å². The lowest BCUT2D eigenvalue weighted by molar-refractivity contribution is 1.13. The van der Waals surface area contributed by atoms with E-state index in [4.69, 9.17) is 5.73 Å². The molecule has 2 rings (SSSR count). The van der Waals surface area contributed by atoms with Crippen LogP contribution in [0.2, 0.25) is 0 Å². The van der Waals surface area contributed by atoms with Crippen molar-refractivity contribution in [1.82, 2.24) is 20.5 Å². The van der Waals surface area contributed by atoms with Crippen molar-refractivity contribution >= 4 is 11.5 Å². The summed E-state index contributed by atoms with van der Waals surface area (Å²) < 4.78 is 1.82. The topological polar surface area (TPSA) is 91.2 Å². The van der Waals surface area contributed by atoms with Crippen molar-refractivity contribution in [1.29, 1.82) is 0 Å². The molecule has 0 atom stereocenters. The highest BCUT2D eigenvalue weighted by Gasteiger charge is 1.95. The first-order chi connectivity index (χ1) is 4.88. The number of rotatable bonds is 0. The molecule has 11 heavy (non-hydrogen) atoms. The number of hydrogen-bond acceptors (Lipinski definition) is 4. The van der Waals surface area contributed by atoms with Gasteiger partial charge in [-0.15, -0.1) is 0 Å². The lowest BCUT2D eigenvalue weighted by atomic mass is 10.6. The summed E-state index contributed by atoms with van der Waals surface area (Å²) in [6.07, 6.45) is 6.96. The largest absolute Gasteiger partial charge is 0.381 e. The molecule has 0 aromatic carbocycles. The SMILES string of the molecule is N.Nc1nccn2ccnc12. The van der Waals surface area contributed by atoms with Gasteiger partial charge in [0.15, 0.2) is 11.5 Å². The van der Waals surface area contributed by atoms with Gasteiger partial charge in [0.25, 0.3) is 0 Å². The maximum Gasteiger partial charge on any atom is 0.179 e. The molecule has 2 heterocycles. The molecule has 2 aromatic heterocycles. The molecule has 5 nitrogen and oxygen atoms in total. The first kappa shape index (κ1) is 7.49. The third-order valence-electron chi connectivity index (χ3n) is 1.34. The normalized spacial score (nSPS) is 9.45. The Hall–Kier alpha value is -1.62. The lowest BCUT2D eigenvalue weighted by Crippen LogP contribution is -1.94. The molecule has 0 aliphatic carbocycles. The standard InChI is InChI=1S/C6H6N4.H3N/c7-5-6-9-2-4-10(6)3-1-8-5;/h1-4H,(H2,7,8);1H3. The molecule has 0 aliphatic rings. The summed E-state index contributed by atoms with van der Waals surface area (Å²) in [5.41, 5.74) is 6.22. The molecule has 0 amide bonds. The number of nitrogen functional groups attached to an aromatic ring is 1. The zero-order chi connectivity index (χ0) is 6.97. The molecule has 0 unspecified atom stereocenters. The van der Waals surface area contributed by atoms with Gasteiger partial charge in [-0.3, -0.25) is 0 Å². The average Bonchev–Trinajstić information content (AvgIpc) is 2.36. The van der Waals surface area contributed by atoms with E-state index < -0.39 is 0 Å². The smallest absolute Gasteiger partial charge is 0.179 e. The second-order valence-electron chi connectivity index (χ2n) is 1.97. The number of fused-ring (bicyclic) bond motifs is 1. The van der Waals surface area contributed by atoms with Crippen LogP contribution in [0.15, 0.2) is 24.8 Å². The van der Waals surface area contributed by atoms with Crippen LogP contribution < -0.4 is 11.9 Å². The van der Waals surface area contributed by atoms with Crippen LogP contribution in [0.3, 0.4) is 0 Å². The number of nitrogens with zero attached hydrogens (tertiary/aromatic N) is 3. The van der Waals surface area contributed by atoms with E-state index in [2.05, 4.69) is 9.97 Å². The monoisotopic (exact) mass is 151 g/mol. The summed E-state index contributed by atoms with van der Waals surface area (Å²) in [6.45, 7) is 0. The Morgan fingerprint density at radius 2 is 1.82 bits per heavy atom. The van der Waals surface area contributed by atoms with Crippen LogP contribution in [0, 0.1) is 0 Å². The zero-order valence-electron chi connectivity index (χ0n) is 5.94. The Kier molecular flexibility index (Phi) is 1.74. The van der Waals surface area contributed by atoms with Gasteiger partial charge in [0.2, 0.25) is 0 Å². The van der Waals surface area contributed by atoms with Gasteiger partial charge in [-0.1, -0.05) is 0 Å². The van der Waals surface area contributed by atoms with E-state index in [-0.39, 0.29) is 6.15 Å². The maximum atomic E-state index is 5.51. The van der Waals surface area contributed by atoms with Crippen molar-refractivity contribution < 1.29 is 0 Å². The first-order valence-electron chi connectivity index (χ1n) is 2.91. The van der Waals surface area contributed by atoms with Crippen molar-refractivity contribution in [3.63, 3.8) is 0 Å². The summed E-state index contributed by atoms with van der Waals surface area (Å²) in [4.78, 5) is 7.87. The summed E-state index contributed by atoms with van der Waals surface area (Å²) >= 11 is 0. The number of nitrogens with two attached hydrogens (primary N) is 1. The third-order valence-corrected chi connectivity index (χ3v) is 1.34. The molecular formula is C6H9N5. The van der Waals surface area contributed by atoms with Gasteiger partial charge >= 0.3 is 0 Å². The highest BCUT2D eigenvalue weighted by molar-refractivity contribution is 5.58. The van der Waals surface area contributed by atoms with Crippen molar-refractivity contribution in [2.75, 3.05) is 5.73 Å². The number of aromatic nitrogens is 3. The molecule has 0 saturated carbocycles. The summed E-state index contributed by atoms with van der Waals surface area (Å²) in [6, 6.07) is 0. The average molecular weight is 151 g/mol. The Balaban J connectivity index is 0.000000605. The molecule has 58 valence electrons. The first-order valence-corrected chi connectivity index (χ1v) is 2.91. The fourth-order valence-electron chi connectivity index (χ4n) is 0.875. The van der Waals surface area contributed by atoms with Gasteiger partial charge in [0.05, 0.1) is 0 Å². The molecule has 0 bridgehead atoms. The van der Waals surface area contributed by atoms with Crippen LogP contribution in [0.5, 0.6) is 0 Å². The Labute approximate surface area is 63.5 Å². The Bertz CT molecular complexity index is 353. The van der Waals surface area contributed by atoms with E-state index in [9.17, 15) is 0 Å². The number of imidazole rings is 1. The molecule has 5 N–H and O–H groups in total. The predicted molar refractivity (Wildman–Crippen MR) is 42.4 cm³/mol. The fraction of sp³-hybridized carbons (Fsp3) is 0. The molecule has 0 spiro atoms. The summed E-state index contributed by atoms with van der Waals surface area (Å²) in [5, 5.41) is 0. The quantitative estimate of drug-likeness (QED) is 0.572. The summed E-state index contributed by atoms with van der Waals surface area (Å²) in [7, 11) is 0. The Morgan fingerprint density at radius 3 is 2.45 bits per heavy atom. The van der Waals surface area contributed by atoms with Gasteiger partial charge in [0, 0.05) is 24.8 Å². The van der Waals surface area contributed by atoms with Crippen LogP contribution in [-0.4, -0.2) is 14.4 Å². The molecular weight excluding hydrogens is 142 g/mol. The van der Waals surface area contributed by atoms with E-state index in [1.165, 1.54) is 0 Å². The second kappa shape index (κ2) is 2.55. The highest BCUT2D eigenvalue weighted by atomic mass is 15.0. The van der Waals surface area contributed by atoms with Crippen molar-refractivity contribution in [3.8, 4) is 0 Å². The van der Waals surface area contributed by atoms with Gasteiger partial charge in [-0.2, -0.15) is 0 Å². The molecule has 0 fully saturated rings. The van der Waals surface area contributed by atoms with Crippen LogP contribution in [-0.2, 0) is 0 Å². The predicted octanol–water partition coefficient (Wildman–Crippen LogP) is 0.473. The van der Waals surface area contributed by atoms with E-state index in [1.54, 1.807) is 18.6 Å². The van der Waals surface area contributed by atoms with Crippen molar-refractivity contribution in [2.45, 2.75) is 0 Å². The third kappa shape index (κ3) is 1.01. The second-order valence-corrected chi connectivity index (χ2v) is 1.97. The van der Waals surface area contributed by atoms with Gasteiger partial charge in [-0.05, 0) is 0 Å². The molecule has 2 aromatic rings. The molecule has 5 heteroatoms. The minimum atomic E-state index is 0. The van der Waals surface area contributed by atoms with Crippen molar-refractivity contribution in [2.24, 2.45) is 0 Å². The number of anilines is 1. The Morgan fingerprint density at radius 1 is 1.18 bits per heavy atom. The molecule has 0 saturated heterocycles. The zero-order valence-corrected chi connectivity index (χ0v) is 5.94. The molecule has 0 radical (unpaired) electrons. The van der Waals surface area contributed by atoms with Crippen molar-refractivity contribution in [3.05, 3.63) is 24.8 Å². The van der Waals surface area contributed by atoms with Gasteiger partial charge in [0.1, 0.15) is 0 Å². The number of hydrogen-bond donors (Lipinski definition) is 2. The van der Waals surface area contributed by atoms with Crippen LogP contribution in [0.25, 0.3) is 5.65 Å². The maximum absolute atomic E-state index is 5.51. The van der Waals surface area contributed by atoms with Gasteiger partial charge in [-0.25, -0.2) is 9.97 Å². The lowest BCUT2D eigenvalue weighted by Gasteiger charge is -1.93.